The fraction of sp³-hybridized carbons (Fsp3) is 0.716. The van der Waals surface area contributed by atoms with Crippen LogP contribution < -0.4 is 5.32 Å². The van der Waals surface area contributed by atoms with Crippen LogP contribution in [0, 0.1) is 0 Å². The van der Waals surface area contributed by atoms with E-state index in [1.54, 1.807) is 6.08 Å². The molecule has 83 heavy (non-hydrogen) atoms. The van der Waals surface area contributed by atoms with Crippen LogP contribution in [0.1, 0.15) is 290 Å². The van der Waals surface area contributed by atoms with E-state index in [0.717, 1.165) is 89.9 Å². The second-order valence-corrected chi connectivity index (χ2v) is 25.6. The minimum absolute atomic E-state index is 0.0512. The van der Waals surface area contributed by atoms with E-state index in [-0.39, 0.29) is 19.1 Å². The van der Waals surface area contributed by atoms with E-state index in [1.807, 2.05) is 27.2 Å². The molecule has 0 saturated heterocycles. The van der Waals surface area contributed by atoms with Crippen LogP contribution in [0.3, 0.4) is 0 Å². The number of hydrogen-bond acceptors (Lipinski definition) is 5. The van der Waals surface area contributed by atoms with Crippen LogP contribution in [0.15, 0.2) is 122 Å². The number of rotatable bonds is 62. The zero-order valence-corrected chi connectivity index (χ0v) is 55.5. The Kier molecular flexibility index (Phi) is 61.0. The van der Waals surface area contributed by atoms with E-state index in [4.69, 9.17) is 9.05 Å². The Labute approximate surface area is 514 Å². The highest BCUT2D eigenvalue weighted by molar-refractivity contribution is 7.47. The molecule has 3 unspecified atom stereocenters. The number of aliphatic hydroxyl groups is 1. The van der Waals surface area contributed by atoms with Crippen LogP contribution in [0.25, 0.3) is 0 Å². The molecule has 0 aromatic rings. The van der Waals surface area contributed by atoms with Crippen LogP contribution in [0.4, 0.5) is 0 Å². The number of quaternary nitrogens is 1. The predicted molar refractivity (Wildman–Crippen MR) is 364 cm³/mol. The fourth-order valence-electron chi connectivity index (χ4n) is 9.61. The summed E-state index contributed by atoms with van der Waals surface area (Å²) in [4.78, 5) is 23.4. The Morgan fingerprint density at radius 2 is 0.735 bits per heavy atom. The van der Waals surface area contributed by atoms with E-state index < -0.39 is 20.0 Å². The van der Waals surface area contributed by atoms with E-state index in [2.05, 4.69) is 129 Å². The Balaban J connectivity index is 4.14. The second-order valence-electron chi connectivity index (χ2n) is 24.2. The Morgan fingerprint density at radius 3 is 1.11 bits per heavy atom. The SMILES string of the molecule is CC/C=C\C/C=C\C/C=C\C/C=C\C/C=C\C/C=C\C/C=C\C/C=C\CCCCCCCCCCCCCCC(=O)NC(COP(=O)(O)OCC[N+](C)(C)C)C(O)/C=C/CC/C=C/CCCCCCCCCCCCCCCCCCCC. The number of likely N-dealkylation sites (N-methyl/N-ethyl adjacent to an activating group) is 1. The average molecular weight is 1180 g/mol. The molecule has 0 heterocycles. The Morgan fingerprint density at radius 1 is 0.422 bits per heavy atom. The number of unbranched alkanes of at least 4 members (excludes halogenated alkanes) is 31. The first kappa shape index (κ1) is 79.9. The smallest absolute Gasteiger partial charge is 0.387 e. The molecule has 0 spiro atoms. The number of allylic oxidation sites excluding steroid dienone is 19. The van der Waals surface area contributed by atoms with Gasteiger partial charge in [0.15, 0.2) is 0 Å². The maximum atomic E-state index is 13.0. The third-order valence-corrected chi connectivity index (χ3v) is 15.9. The molecule has 0 rings (SSSR count). The van der Waals surface area contributed by atoms with Gasteiger partial charge in [0.25, 0.3) is 0 Å². The molecule has 0 aliphatic heterocycles. The molecular formula is C74H132N2O6P+. The van der Waals surface area contributed by atoms with Gasteiger partial charge in [0.1, 0.15) is 13.2 Å². The molecule has 0 bridgehead atoms. The summed E-state index contributed by atoms with van der Waals surface area (Å²) in [5, 5.41) is 14.0. The standard InChI is InChI=1S/C74H131N2O6P/c1-6-8-10-12-14-16-18-20-22-24-26-28-30-32-33-34-35-36-37-38-39-40-41-42-43-44-46-48-50-52-54-56-58-60-62-64-66-68-74(78)75-72(71-82-83(79,80)81-70-69-76(3,4)5)73(77)67-65-63-61-59-57-55-53-51-49-47-45-31-29-27-25-23-21-19-17-15-13-11-9-7-2/h8,10,14,16,20,22,26,28,32-33,35-36,38-39,41-42,57,59,65,67,72-73,77H,6-7,9,11-13,15,17-19,21,23-25,27,29-31,34,37,40,43-56,58,60-64,66,68-71H2,1-5H3,(H-,75,78,79,80)/p+1/b10-8-,16-14-,22-20-,28-26-,33-32-,36-35-,39-38-,42-41-,59-57+,67-65+. The number of amides is 1. The maximum absolute atomic E-state index is 13.0. The molecule has 3 atom stereocenters. The van der Waals surface area contributed by atoms with Gasteiger partial charge in [0.2, 0.25) is 5.91 Å². The van der Waals surface area contributed by atoms with Gasteiger partial charge in [0, 0.05) is 6.42 Å². The zero-order chi connectivity index (χ0) is 60.5. The van der Waals surface area contributed by atoms with Crippen LogP contribution in [0.5, 0.6) is 0 Å². The first-order valence-electron chi connectivity index (χ1n) is 34.4. The number of phosphoric acid groups is 1. The van der Waals surface area contributed by atoms with Crippen molar-refractivity contribution in [1.82, 2.24) is 5.32 Å². The van der Waals surface area contributed by atoms with Crippen molar-refractivity contribution in [2.75, 3.05) is 40.9 Å². The van der Waals surface area contributed by atoms with Gasteiger partial charge in [-0.25, -0.2) is 4.57 Å². The van der Waals surface area contributed by atoms with Crippen molar-refractivity contribution in [3.8, 4) is 0 Å². The topological polar surface area (TPSA) is 105 Å². The lowest BCUT2D eigenvalue weighted by Crippen LogP contribution is -2.45. The highest BCUT2D eigenvalue weighted by Gasteiger charge is 2.28. The summed E-state index contributed by atoms with van der Waals surface area (Å²) in [6, 6.07) is -0.873. The zero-order valence-electron chi connectivity index (χ0n) is 54.7. The molecule has 0 fully saturated rings. The van der Waals surface area contributed by atoms with E-state index >= 15 is 0 Å². The molecule has 478 valence electrons. The van der Waals surface area contributed by atoms with Gasteiger partial charge < -0.3 is 19.8 Å². The first-order valence-corrected chi connectivity index (χ1v) is 35.9. The number of hydrogen-bond donors (Lipinski definition) is 3. The molecule has 0 saturated carbocycles. The lowest BCUT2D eigenvalue weighted by atomic mass is 10.0. The lowest BCUT2D eigenvalue weighted by Gasteiger charge is -2.25. The van der Waals surface area contributed by atoms with Crippen molar-refractivity contribution >= 4 is 13.7 Å². The highest BCUT2D eigenvalue weighted by Crippen LogP contribution is 2.43. The first-order chi connectivity index (χ1) is 40.5. The number of nitrogens with one attached hydrogen (secondary N) is 1. The predicted octanol–water partition coefficient (Wildman–Crippen LogP) is 22.0. The summed E-state index contributed by atoms with van der Waals surface area (Å²) in [6.07, 6.45) is 94.8. The van der Waals surface area contributed by atoms with Gasteiger partial charge in [-0.1, -0.05) is 309 Å². The molecule has 0 aromatic carbocycles. The Bertz CT molecular complexity index is 1770. The summed E-state index contributed by atoms with van der Waals surface area (Å²) < 4.78 is 23.8. The quantitative estimate of drug-likeness (QED) is 0.0243. The van der Waals surface area contributed by atoms with Crippen molar-refractivity contribution < 1.29 is 32.9 Å². The summed E-state index contributed by atoms with van der Waals surface area (Å²) in [5.74, 6) is -0.191. The average Bonchev–Trinajstić information content (AvgIpc) is 3.50. The van der Waals surface area contributed by atoms with E-state index in [0.29, 0.717) is 17.4 Å². The van der Waals surface area contributed by atoms with Crippen molar-refractivity contribution in [2.45, 2.75) is 302 Å². The van der Waals surface area contributed by atoms with Gasteiger partial charge in [-0.05, 0) is 96.3 Å². The molecule has 0 aromatic heterocycles. The van der Waals surface area contributed by atoms with Crippen molar-refractivity contribution in [2.24, 2.45) is 0 Å². The number of carbonyl (C=O) groups excluding carboxylic acids is 1. The molecule has 1 amide bonds. The highest BCUT2D eigenvalue weighted by atomic mass is 31.2. The van der Waals surface area contributed by atoms with Gasteiger partial charge in [0.05, 0.1) is 39.9 Å². The van der Waals surface area contributed by atoms with Gasteiger partial charge >= 0.3 is 7.82 Å². The van der Waals surface area contributed by atoms with Crippen LogP contribution in [-0.4, -0.2) is 73.4 Å². The number of phosphoric ester groups is 1. The van der Waals surface area contributed by atoms with Crippen molar-refractivity contribution in [1.29, 1.82) is 0 Å². The maximum Gasteiger partial charge on any atom is 0.472 e. The molecule has 0 aliphatic carbocycles. The lowest BCUT2D eigenvalue weighted by molar-refractivity contribution is -0.870. The molecule has 0 radical (unpaired) electrons. The third-order valence-electron chi connectivity index (χ3n) is 14.9. The molecule has 3 N–H and O–H groups in total. The van der Waals surface area contributed by atoms with Crippen molar-refractivity contribution in [3.63, 3.8) is 0 Å². The number of nitrogens with zero attached hydrogens (tertiary/aromatic N) is 1. The van der Waals surface area contributed by atoms with Crippen LogP contribution in [0.2, 0.25) is 0 Å². The number of carbonyl (C=O) groups is 1. The normalized spacial score (nSPS) is 14.4. The van der Waals surface area contributed by atoms with Gasteiger partial charge in [-0.2, -0.15) is 0 Å². The minimum atomic E-state index is -4.37. The van der Waals surface area contributed by atoms with Crippen molar-refractivity contribution in [3.05, 3.63) is 122 Å². The molecule has 0 aliphatic rings. The molecule has 8 nitrogen and oxygen atoms in total. The summed E-state index contributed by atoms with van der Waals surface area (Å²) in [5.41, 5.74) is 0. The summed E-state index contributed by atoms with van der Waals surface area (Å²) in [6.45, 7) is 4.70. The van der Waals surface area contributed by atoms with Crippen LogP contribution >= 0.6 is 7.82 Å². The second kappa shape index (κ2) is 63.4. The molecule has 9 heteroatoms. The van der Waals surface area contributed by atoms with Crippen LogP contribution in [-0.2, 0) is 18.4 Å². The monoisotopic (exact) mass is 1180 g/mol. The third kappa shape index (κ3) is 66.3. The van der Waals surface area contributed by atoms with Gasteiger partial charge in [-0.3, -0.25) is 13.8 Å². The van der Waals surface area contributed by atoms with E-state index in [9.17, 15) is 19.4 Å². The molecular weight excluding hydrogens is 1040 g/mol. The minimum Gasteiger partial charge on any atom is -0.387 e. The summed E-state index contributed by atoms with van der Waals surface area (Å²) in [7, 11) is 1.55. The van der Waals surface area contributed by atoms with Gasteiger partial charge in [-0.15, -0.1) is 0 Å². The number of aliphatic hydroxyl groups excluding tert-OH is 1. The Hall–Kier alpha value is -3.10. The largest absolute Gasteiger partial charge is 0.472 e. The van der Waals surface area contributed by atoms with E-state index in [1.165, 1.54) is 180 Å². The fourth-order valence-corrected chi connectivity index (χ4v) is 10.3. The summed E-state index contributed by atoms with van der Waals surface area (Å²) >= 11 is 0.